The smallest absolute Gasteiger partial charge is 0.00900 e. The molecule has 0 heterocycles. The Morgan fingerprint density at radius 1 is 1.20 bits per heavy atom. The summed E-state index contributed by atoms with van der Waals surface area (Å²) in [5, 5.41) is 0. The third-order valence-electron chi connectivity index (χ3n) is 2.95. The molecule has 0 amide bonds. The van der Waals surface area contributed by atoms with Gasteiger partial charge >= 0.3 is 0 Å². The molecule has 1 nitrogen and oxygen atoms in total. The monoisotopic (exact) mass is 143 g/mol. The van der Waals surface area contributed by atoms with Crippen LogP contribution in [0.5, 0.6) is 0 Å². The van der Waals surface area contributed by atoms with Crippen molar-refractivity contribution in [2.45, 2.75) is 53.0 Å². The first-order valence-corrected chi connectivity index (χ1v) is 4.36. The Bertz CT molecular complexity index is 84.7. The van der Waals surface area contributed by atoms with E-state index in [0.717, 1.165) is 6.42 Å². The van der Waals surface area contributed by atoms with Crippen molar-refractivity contribution in [3.63, 3.8) is 0 Å². The lowest BCUT2D eigenvalue weighted by molar-refractivity contribution is 0.227. The van der Waals surface area contributed by atoms with E-state index in [-0.39, 0.29) is 0 Å². The first-order chi connectivity index (χ1) is 4.60. The van der Waals surface area contributed by atoms with Gasteiger partial charge in [-0.25, -0.2) is 0 Å². The van der Waals surface area contributed by atoms with Gasteiger partial charge < -0.3 is 5.73 Å². The maximum Gasteiger partial charge on any atom is 0.00900 e. The Kier molecular flexibility index (Phi) is 3.95. The molecule has 0 aromatic rings. The lowest BCUT2D eigenvalue weighted by Crippen LogP contribution is -2.38. The van der Waals surface area contributed by atoms with Gasteiger partial charge in [0, 0.05) is 6.04 Å². The fraction of sp³-hybridized carbons (Fsp3) is 1.00. The van der Waals surface area contributed by atoms with Gasteiger partial charge in [-0.15, -0.1) is 0 Å². The highest BCUT2D eigenvalue weighted by molar-refractivity contribution is 4.81. The van der Waals surface area contributed by atoms with Gasteiger partial charge in [0.05, 0.1) is 0 Å². The standard InChI is InChI=1S/C9H21N/c1-5-8(10)9(4,6-2)7-3/h8H,5-7,10H2,1-4H3. The molecule has 10 heavy (non-hydrogen) atoms. The van der Waals surface area contributed by atoms with Crippen LogP contribution in [-0.2, 0) is 0 Å². The van der Waals surface area contributed by atoms with Gasteiger partial charge in [-0.05, 0) is 24.7 Å². The van der Waals surface area contributed by atoms with Crippen LogP contribution < -0.4 is 5.73 Å². The maximum atomic E-state index is 5.97. The molecule has 1 atom stereocenters. The Morgan fingerprint density at radius 3 is 1.70 bits per heavy atom. The summed E-state index contributed by atoms with van der Waals surface area (Å²) in [7, 11) is 0. The van der Waals surface area contributed by atoms with Crippen LogP contribution in [0.4, 0.5) is 0 Å². The predicted molar refractivity (Wildman–Crippen MR) is 47.0 cm³/mol. The molecule has 0 saturated carbocycles. The summed E-state index contributed by atoms with van der Waals surface area (Å²) in [6.07, 6.45) is 3.48. The van der Waals surface area contributed by atoms with Crippen LogP contribution >= 0.6 is 0 Å². The highest BCUT2D eigenvalue weighted by atomic mass is 14.7. The molecule has 0 radical (unpaired) electrons. The summed E-state index contributed by atoms with van der Waals surface area (Å²) < 4.78 is 0. The van der Waals surface area contributed by atoms with E-state index in [1.165, 1.54) is 12.8 Å². The normalized spacial score (nSPS) is 15.3. The Morgan fingerprint density at radius 2 is 1.60 bits per heavy atom. The summed E-state index contributed by atoms with van der Waals surface area (Å²) in [5.74, 6) is 0. The highest BCUT2D eigenvalue weighted by Gasteiger charge is 2.25. The van der Waals surface area contributed by atoms with Crippen molar-refractivity contribution in [2.24, 2.45) is 11.1 Å². The number of hydrogen-bond acceptors (Lipinski definition) is 1. The second-order valence-electron chi connectivity index (χ2n) is 3.38. The molecule has 1 heteroatoms. The lowest BCUT2D eigenvalue weighted by Gasteiger charge is -2.32. The number of rotatable bonds is 4. The Hall–Kier alpha value is -0.0400. The third kappa shape index (κ3) is 1.98. The van der Waals surface area contributed by atoms with Crippen molar-refractivity contribution < 1.29 is 0 Å². The summed E-state index contributed by atoms with van der Waals surface area (Å²) in [6, 6.07) is 0.377. The molecule has 0 spiro atoms. The molecule has 0 saturated heterocycles. The van der Waals surface area contributed by atoms with E-state index in [9.17, 15) is 0 Å². The van der Waals surface area contributed by atoms with Crippen molar-refractivity contribution in [3.05, 3.63) is 0 Å². The predicted octanol–water partition coefficient (Wildman–Crippen LogP) is 2.55. The minimum absolute atomic E-state index is 0.370. The van der Waals surface area contributed by atoms with Crippen LogP contribution in [-0.4, -0.2) is 6.04 Å². The fourth-order valence-corrected chi connectivity index (χ4v) is 1.27. The molecule has 0 aliphatic carbocycles. The van der Waals surface area contributed by atoms with Gasteiger partial charge in [0.1, 0.15) is 0 Å². The Balaban J connectivity index is 4.02. The minimum Gasteiger partial charge on any atom is -0.327 e. The topological polar surface area (TPSA) is 26.0 Å². The lowest BCUT2D eigenvalue weighted by atomic mass is 9.77. The molecule has 1 unspecified atom stereocenters. The van der Waals surface area contributed by atoms with Crippen LogP contribution in [0.25, 0.3) is 0 Å². The van der Waals surface area contributed by atoms with Gasteiger partial charge in [0.15, 0.2) is 0 Å². The molecule has 2 N–H and O–H groups in total. The van der Waals surface area contributed by atoms with E-state index in [1.807, 2.05) is 0 Å². The molecular weight excluding hydrogens is 122 g/mol. The molecule has 62 valence electrons. The molecule has 0 aliphatic rings. The molecule has 0 bridgehead atoms. The van der Waals surface area contributed by atoms with Crippen LogP contribution in [0.15, 0.2) is 0 Å². The molecule has 0 aromatic carbocycles. The van der Waals surface area contributed by atoms with Crippen molar-refractivity contribution in [1.82, 2.24) is 0 Å². The van der Waals surface area contributed by atoms with E-state index in [0.29, 0.717) is 11.5 Å². The van der Waals surface area contributed by atoms with E-state index in [4.69, 9.17) is 5.73 Å². The first kappa shape index (κ1) is 9.96. The zero-order valence-corrected chi connectivity index (χ0v) is 7.78. The highest BCUT2D eigenvalue weighted by Crippen LogP contribution is 2.29. The van der Waals surface area contributed by atoms with Crippen LogP contribution in [0.3, 0.4) is 0 Å². The molecule has 0 rings (SSSR count). The quantitative estimate of drug-likeness (QED) is 0.643. The van der Waals surface area contributed by atoms with Gasteiger partial charge in [-0.3, -0.25) is 0 Å². The molecule has 0 aliphatic heterocycles. The SMILES string of the molecule is CCC(N)C(C)(CC)CC. The molecule has 0 aromatic heterocycles. The van der Waals surface area contributed by atoms with Crippen molar-refractivity contribution >= 4 is 0 Å². The van der Waals surface area contributed by atoms with Gasteiger partial charge in [0.25, 0.3) is 0 Å². The fourth-order valence-electron chi connectivity index (χ4n) is 1.27. The first-order valence-electron chi connectivity index (χ1n) is 4.36. The zero-order chi connectivity index (χ0) is 8.20. The summed E-state index contributed by atoms with van der Waals surface area (Å²) in [4.78, 5) is 0. The second-order valence-corrected chi connectivity index (χ2v) is 3.38. The number of nitrogens with two attached hydrogens (primary N) is 1. The summed E-state index contributed by atoms with van der Waals surface area (Å²) in [6.45, 7) is 8.88. The van der Waals surface area contributed by atoms with E-state index >= 15 is 0 Å². The average Bonchev–Trinajstić information content (AvgIpc) is 2.01. The van der Waals surface area contributed by atoms with E-state index in [2.05, 4.69) is 27.7 Å². The Labute approximate surface area is 65.0 Å². The van der Waals surface area contributed by atoms with Crippen LogP contribution in [0.2, 0.25) is 0 Å². The van der Waals surface area contributed by atoms with Gasteiger partial charge in [-0.2, -0.15) is 0 Å². The van der Waals surface area contributed by atoms with E-state index in [1.54, 1.807) is 0 Å². The van der Waals surface area contributed by atoms with Gasteiger partial charge in [-0.1, -0.05) is 27.7 Å². The molecular formula is C9H21N. The van der Waals surface area contributed by atoms with Crippen LogP contribution in [0, 0.1) is 5.41 Å². The van der Waals surface area contributed by atoms with Crippen LogP contribution in [0.1, 0.15) is 47.0 Å². The maximum absolute atomic E-state index is 5.97. The second kappa shape index (κ2) is 3.97. The minimum atomic E-state index is 0.370. The number of hydrogen-bond donors (Lipinski definition) is 1. The van der Waals surface area contributed by atoms with Gasteiger partial charge in [0.2, 0.25) is 0 Å². The zero-order valence-electron chi connectivity index (χ0n) is 7.78. The van der Waals surface area contributed by atoms with Crippen molar-refractivity contribution in [1.29, 1.82) is 0 Å². The van der Waals surface area contributed by atoms with E-state index < -0.39 is 0 Å². The average molecular weight is 143 g/mol. The van der Waals surface area contributed by atoms with Crippen molar-refractivity contribution in [2.75, 3.05) is 0 Å². The van der Waals surface area contributed by atoms with Crippen molar-refractivity contribution in [3.8, 4) is 0 Å². The summed E-state index contributed by atoms with van der Waals surface area (Å²) >= 11 is 0. The summed E-state index contributed by atoms with van der Waals surface area (Å²) in [5.41, 5.74) is 6.34. The third-order valence-corrected chi connectivity index (χ3v) is 2.95. The molecule has 0 fully saturated rings. The largest absolute Gasteiger partial charge is 0.327 e.